The Balaban J connectivity index is 1.57. The van der Waals surface area contributed by atoms with Crippen molar-refractivity contribution >= 4 is 17.5 Å². The summed E-state index contributed by atoms with van der Waals surface area (Å²) in [4.78, 5) is 23.5. The second-order valence-electron chi connectivity index (χ2n) is 6.69. The van der Waals surface area contributed by atoms with Crippen LogP contribution in [0.5, 0.6) is 0 Å². The Bertz CT molecular complexity index is 738. The van der Waals surface area contributed by atoms with Crippen molar-refractivity contribution in [1.29, 1.82) is 0 Å². The van der Waals surface area contributed by atoms with Crippen molar-refractivity contribution in [2.45, 2.75) is 46.1 Å². The second kappa shape index (κ2) is 8.65. The molecule has 2 heterocycles. The molecule has 0 bridgehead atoms. The van der Waals surface area contributed by atoms with Crippen molar-refractivity contribution in [3.05, 3.63) is 47.4 Å². The molecule has 0 spiro atoms. The van der Waals surface area contributed by atoms with E-state index in [0.29, 0.717) is 12.4 Å². The van der Waals surface area contributed by atoms with Crippen molar-refractivity contribution < 1.29 is 4.79 Å². The third kappa shape index (κ3) is 4.94. The number of carbonyl (C=O) groups excluding carboxylic acids is 1. The SMILES string of the molecule is CCc1ccc(NC(=O)NCc2nc(C)cc(N3CCCCC3)n2)cc1. The molecule has 6 heteroatoms. The molecule has 2 N–H and O–H groups in total. The lowest BCUT2D eigenvalue weighted by Gasteiger charge is -2.28. The van der Waals surface area contributed by atoms with Crippen molar-refractivity contribution in [2.75, 3.05) is 23.3 Å². The van der Waals surface area contributed by atoms with Crippen molar-refractivity contribution in [2.24, 2.45) is 0 Å². The van der Waals surface area contributed by atoms with E-state index in [-0.39, 0.29) is 6.03 Å². The van der Waals surface area contributed by atoms with Gasteiger partial charge in [0, 0.05) is 30.5 Å². The van der Waals surface area contributed by atoms with E-state index >= 15 is 0 Å². The smallest absolute Gasteiger partial charge is 0.319 e. The maximum Gasteiger partial charge on any atom is 0.319 e. The fourth-order valence-corrected chi connectivity index (χ4v) is 3.13. The number of piperidine rings is 1. The highest BCUT2D eigenvalue weighted by Gasteiger charge is 2.14. The Morgan fingerprint density at radius 2 is 1.85 bits per heavy atom. The largest absolute Gasteiger partial charge is 0.357 e. The summed E-state index contributed by atoms with van der Waals surface area (Å²) in [7, 11) is 0. The fourth-order valence-electron chi connectivity index (χ4n) is 3.13. The number of anilines is 2. The Labute approximate surface area is 155 Å². The molecule has 26 heavy (non-hydrogen) atoms. The van der Waals surface area contributed by atoms with E-state index in [1.165, 1.54) is 24.8 Å². The molecule has 1 aromatic carbocycles. The summed E-state index contributed by atoms with van der Waals surface area (Å²) in [6.45, 7) is 6.46. The fraction of sp³-hybridized carbons (Fsp3) is 0.450. The monoisotopic (exact) mass is 353 g/mol. The summed E-state index contributed by atoms with van der Waals surface area (Å²) in [5.74, 6) is 1.60. The van der Waals surface area contributed by atoms with Crippen LogP contribution in [0.1, 0.15) is 43.3 Å². The van der Waals surface area contributed by atoms with Gasteiger partial charge >= 0.3 is 6.03 Å². The highest BCUT2D eigenvalue weighted by atomic mass is 16.2. The maximum absolute atomic E-state index is 12.1. The van der Waals surface area contributed by atoms with Crippen molar-refractivity contribution in [3.8, 4) is 0 Å². The predicted octanol–water partition coefficient (Wildman–Crippen LogP) is 3.66. The molecule has 138 valence electrons. The Morgan fingerprint density at radius 1 is 1.12 bits per heavy atom. The van der Waals surface area contributed by atoms with Crippen LogP contribution >= 0.6 is 0 Å². The molecule has 1 saturated heterocycles. The minimum absolute atomic E-state index is 0.251. The lowest BCUT2D eigenvalue weighted by molar-refractivity contribution is 0.251. The number of nitrogens with one attached hydrogen (secondary N) is 2. The van der Waals surface area contributed by atoms with Crippen LogP contribution < -0.4 is 15.5 Å². The summed E-state index contributed by atoms with van der Waals surface area (Å²) >= 11 is 0. The highest BCUT2D eigenvalue weighted by molar-refractivity contribution is 5.89. The number of nitrogens with zero attached hydrogens (tertiary/aromatic N) is 3. The standard InChI is InChI=1S/C20H27N5O/c1-3-16-7-9-17(10-8-16)23-20(26)21-14-18-22-15(2)13-19(24-18)25-11-5-4-6-12-25/h7-10,13H,3-6,11-12,14H2,1-2H3,(H2,21,23,26). The van der Waals surface area contributed by atoms with Gasteiger partial charge in [0.05, 0.1) is 6.54 Å². The zero-order valence-corrected chi connectivity index (χ0v) is 15.6. The molecule has 0 radical (unpaired) electrons. The average molecular weight is 353 g/mol. The minimum atomic E-state index is -0.251. The number of rotatable bonds is 5. The lowest BCUT2D eigenvalue weighted by Crippen LogP contribution is -2.32. The Hall–Kier alpha value is -2.63. The van der Waals surface area contributed by atoms with E-state index in [1.54, 1.807) is 0 Å². The van der Waals surface area contributed by atoms with Gasteiger partial charge in [-0.15, -0.1) is 0 Å². The molecule has 1 aromatic heterocycles. The first-order valence-corrected chi connectivity index (χ1v) is 9.37. The van der Waals surface area contributed by atoms with Crippen LogP contribution in [-0.4, -0.2) is 29.1 Å². The van der Waals surface area contributed by atoms with E-state index in [0.717, 1.165) is 36.7 Å². The van der Waals surface area contributed by atoms with Gasteiger partial charge in [-0.1, -0.05) is 19.1 Å². The number of hydrogen-bond donors (Lipinski definition) is 2. The third-order valence-electron chi connectivity index (χ3n) is 4.59. The molecule has 1 fully saturated rings. The number of benzene rings is 1. The maximum atomic E-state index is 12.1. The summed E-state index contributed by atoms with van der Waals surface area (Å²) < 4.78 is 0. The van der Waals surface area contributed by atoms with Gasteiger partial charge in [0.15, 0.2) is 0 Å². The van der Waals surface area contributed by atoms with Gasteiger partial charge in [-0.3, -0.25) is 0 Å². The van der Waals surface area contributed by atoms with Gasteiger partial charge in [-0.05, 0) is 50.3 Å². The van der Waals surface area contributed by atoms with E-state index in [9.17, 15) is 4.79 Å². The van der Waals surface area contributed by atoms with Gasteiger partial charge in [0.1, 0.15) is 11.6 Å². The molecule has 0 saturated carbocycles. The van der Waals surface area contributed by atoms with Gasteiger partial charge in [-0.25, -0.2) is 14.8 Å². The number of carbonyl (C=O) groups is 1. The zero-order valence-electron chi connectivity index (χ0n) is 15.6. The number of urea groups is 1. The van der Waals surface area contributed by atoms with Crippen LogP contribution in [-0.2, 0) is 13.0 Å². The summed E-state index contributed by atoms with van der Waals surface area (Å²) in [6, 6.07) is 9.63. The van der Waals surface area contributed by atoms with Crippen molar-refractivity contribution in [3.63, 3.8) is 0 Å². The van der Waals surface area contributed by atoms with Gasteiger partial charge in [0.25, 0.3) is 0 Å². The van der Waals surface area contributed by atoms with Crippen LogP contribution in [0, 0.1) is 6.92 Å². The summed E-state index contributed by atoms with van der Waals surface area (Å²) in [5, 5.41) is 5.68. The summed E-state index contributed by atoms with van der Waals surface area (Å²) in [5.41, 5.74) is 2.95. The van der Waals surface area contributed by atoms with E-state index in [1.807, 2.05) is 37.3 Å². The first-order chi connectivity index (χ1) is 12.6. The van der Waals surface area contributed by atoms with E-state index < -0.39 is 0 Å². The van der Waals surface area contributed by atoms with Crippen molar-refractivity contribution in [1.82, 2.24) is 15.3 Å². The topological polar surface area (TPSA) is 70.2 Å². The van der Waals surface area contributed by atoms with Gasteiger partial charge in [-0.2, -0.15) is 0 Å². The molecule has 1 aliphatic heterocycles. The lowest BCUT2D eigenvalue weighted by atomic mass is 10.1. The number of aromatic nitrogens is 2. The van der Waals surface area contributed by atoms with Gasteiger partial charge < -0.3 is 15.5 Å². The normalized spacial score (nSPS) is 14.2. The summed E-state index contributed by atoms with van der Waals surface area (Å²) in [6.07, 6.45) is 4.68. The number of hydrogen-bond acceptors (Lipinski definition) is 4. The number of aryl methyl sites for hydroxylation is 2. The van der Waals surface area contributed by atoms with E-state index in [4.69, 9.17) is 0 Å². The predicted molar refractivity (Wildman–Crippen MR) is 105 cm³/mol. The van der Waals surface area contributed by atoms with Gasteiger partial charge in [0.2, 0.25) is 0 Å². The average Bonchev–Trinajstić information content (AvgIpc) is 2.67. The quantitative estimate of drug-likeness (QED) is 0.861. The molecule has 1 aliphatic rings. The molecule has 2 aromatic rings. The van der Waals surface area contributed by atoms with Crippen LogP contribution in [0.3, 0.4) is 0 Å². The first kappa shape index (κ1) is 18.2. The third-order valence-corrected chi connectivity index (χ3v) is 4.59. The number of amides is 2. The molecular weight excluding hydrogens is 326 g/mol. The highest BCUT2D eigenvalue weighted by Crippen LogP contribution is 2.18. The second-order valence-corrected chi connectivity index (χ2v) is 6.69. The Morgan fingerprint density at radius 3 is 2.54 bits per heavy atom. The van der Waals surface area contributed by atoms with Crippen LogP contribution in [0.2, 0.25) is 0 Å². The molecule has 0 atom stereocenters. The molecule has 6 nitrogen and oxygen atoms in total. The van der Waals surface area contributed by atoms with Crippen LogP contribution in [0.4, 0.5) is 16.3 Å². The van der Waals surface area contributed by atoms with Crippen LogP contribution in [0.15, 0.2) is 30.3 Å². The van der Waals surface area contributed by atoms with Crippen LogP contribution in [0.25, 0.3) is 0 Å². The zero-order chi connectivity index (χ0) is 18.4. The molecular formula is C20H27N5O. The molecule has 2 amide bonds. The van der Waals surface area contributed by atoms with E-state index in [2.05, 4.69) is 32.4 Å². The molecule has 0 unspecified atom stereocenters. The molecule has 3 rings (SSSR count). The first-order valence-electron chi connectivity index (χ1n) is 9.37. The Kier molecular flexibility index (Phi) is 6.04. The molecule has 0 aliphatic carbocycles. The minimum Gasteiger partial charge on any atom is -0.357 e.